The van der Waals surface area contributed by atoms with Crippen molar-refractivity contribution in [1.82, 2.24) is 25.6 Å². The van der Waals surface area contributed by atoms with E-state index in [-0.39, 0.29) is 5.95 Å². The van der Waals surface area contributed by atoms with Crippen LogP contribution in [0.2, 0.25) is 0 Å². The lowest BCUT2D eigenvalue weighted by molar-refractivity contribution is 0.213. The standard InChI is InChI=1S/C5H11N7O/c1-2-3-12(6)5(13)7-4-8-10-11-9-4/h2-3,6H2,1H3,(H2,7,8,9,10,11,13). The van der Waals surface area contributed by atoms with Crippen LogP contribution in [0.3, 0.4) is 0 Å². The molecule has 0 saturated carbocycles. The molecule has 1 rings (SSSR count). The summed E-state index contributed by atoms with van der Waals surface area (Å²) in [6.45, 7) is 2.39. The fraction of sp³-hybridized carbons (Fsp3) is 0.600. The molecule has 8 nitrogen and oxygen atoms in total. The van der Waals surface area contributed by atoms with E-state index < -0.39 is 6.03 Å². The van der Waals surface area contributed by atoms with Gasteiger partial charge in [0.1, 0.15) is 0 Å². The van der Waals surface area contributed by atoms with E-state index in [9.17, 15) is 4.79 Å². The maximum absolute atomic E-state index is 11.2. The number of hydrogen-bond acceptors (Lipinski definition) is 5. The smallest absolute Gasteiger partial charge is 0.272 e. The third kappa shape index (κ3) is 2.67. The molecule has 0 atom stereocenters. The van der Waals surface area contributed by atoms with Crippen LogP contribution in [-0.4, -0.2) is 38.2 Å². The number of hydrazine groups is 1. The average molecular weight is 185 g/mol. The lowest BCUT2D eigenvalue weighted by Gasteiger charge is -2.14. The SMILES string of the molecule is CCCN(N)C(=O)Nc1nn[nH]n1. The summed E-state index contributed by atoms with van der Waals surface area (Å²) in [5, 5.41) is 16.0. The molecule has 0 fully saturated rings. The van der Waals surface area contributed by atoms with Crippen molar-refractivity contribution in [3.63, 3.8) is 0 Å². The van der Waals surface area contributed by atoms with Crippen LogP contribution in [0.4, 0.5) is 10.7 Å². The number of hydrogen-bond donors (Lipinski definition) is 3. The summed E-state index contributed by atoms with van der Waals surface area (Å²) in [5.74, 6) is 5.49. The molecule has 0 bridgehead atoms. The van der Waals surface area contributed by atoms with E-state index in [0.717, 1.165) is 11.4 Å². The Hall–Kier alpha value is -1.70. The zero-order valence-electron chi connectivity index (χ0n) is 7.19. The largest absolute Gasteiger partial charge is 0.338 e. The summed E-state index contributed by atoms with van der Waals surface area (Å²) in [4.78, 5) is 11.2. The number of amides is 2. The lowest BCUT2D eigenvalue weighted by Crippen LogP contribution is -2.41. The second-order valence-corrected chi connectivity index (χ2v) is 2.36. The van der Waals surface area contributed by atoms with Crippen molar-refractivity contribution in [2.75, 3.05) is 11.9 Å². The molecule has 13 heavy (non-hydrogen) atoms. The van der Waals surface area contributed by atoms with Crippen molar-refractivity contribution in [1.29, 1.82) is 0 Å². The Kier molecular flexibility index (Phi) is 3.15. The van der Waals surface area contributed by atoms with Crippen LogP contribution in [0, 0.1) is 0 Å². The highest BCUT2D eigenvalue weighted by Crippen LogP contribution is 1.93. The number of rotatable bonds is 3. The van der Waals surface area contributed by atoms with Gasteiger partial charge in [-0.15, -0.1) is 5.10 Å². The highest BCUT2D eigenvalue weighted by molar-refractivity contribution is 5.86. The molecule has 2 amide bonds. The maximum atomic E-state index is 11.2. The van der Waals surface area contributed by atoms with Crippen LogP contribution >= 0.6 is 0 Å². The van der Waals surface area contributed by atoms with E-state index in [4.69, 9.17) is 5.84 Å². The monoisotopic (exact) mass is 185 g/mol. The van der Waals surface area contributed by atoms with E-state index in [1.165, 1.54) is 0 Å². The molecule has 0 aliphatic heterocycles. The number of anilines is 1. The summed E-state index contributed by atoms with van der Waals surface area (Å²) in [6.07, 6.45) is 0.788. The van der Waals surface area contributed by atoms with Crippen molar-refractivity contribution < 1.29 is 4.79 Å². The molecular weight excluding hydrogens is 174 g/mol. The highest BCUT2D eigenvalue weighted by atomic mass is 16.2. The van der Waals surface area contributed by atoms with Crippen LogP contribution in [0.25, 0.3) is 0 Å². The summed E-state index contributed by atoms with van der Waals surface area (Å²) in [7, 11) is 0. The van der Waals surface area contributed by atoms with Crippen molar-refractivity contribution in [3.05, 3.63) is 0 Å². The maximum Gasteiger partial charge on any atom is 0.338 e. The first-order valence-corrected chi connectivity index (χ1v) is 3.80. The van der Waals surface area contributed by atoms with Crippen molar-refractivity contribution in [2.24, 2.45) is 5.84 Å². The van der Waals surface area contributed by atoms with Gasteiger partial charge in [-0.1, -0.05) is 12.0 Å². The molecule has 72 valence electrons. The second-order valence-electron chi connectivity index (χ2n) is 2.36. The van der Waals surface area contributed by atoms with Gasteiger partial charge in [0.25, 0.3) is 5.95 Å². The number of carbonyl (C=O) groups excluding carboxylic acids is 1. The minimum atomic E-state index is -0.455. The van der Waals surface area contributed by atoms with Gasteiger partial charge in [0.05, 0.1) is 0 Å². The number of nitrogens with one attached hydrogen (secondary N) is 2. The van der Waals surface area contributed by atoms with Crippen LogP contribution in [0.5, 0.6) is 0 Å². The molecule has 0 aliphatic carbocycles. The molecule has 1 aromatic heterocycles. The molecule has 4 N–H and O–H groups in total. The molecule has 1 aromatic rings. The predicted molar refractivity (Wildman–Crippen MR) is 44.4 cm³/mol. The molecule has 0 aliphatic rings. The normalized spacial score (nSPS) is 9.69. The first-order chi connectivity index (χ1) is 6.24. The summed E-state index contributed by atoms with van der Waals surface area (Å²) in [6, 6.07) is -0.455. The zero-order chi connectivity index (χ0) is 9.68. The fourth-order valence-corrected chi connectivity index (χ4v) is 0.725. The third-order valence-corrected chi connectivity index (χ3v) is 1.29. The Morgan fingerprint density at radius 1 is 1.77 bits per heavy atom. The predicted octanol–water partition coefficient (Wildman–Crippen LogP) is -0.683. The molecule has 0 radical (unpaired) electrons. The number of nitrogens with zero attached hydrogens (tertiary/aromatic N) is 4. The minimum absolute atomic E-state index is 0.108. The lowest BCUT2D eigenvalue weighted by atomic mass is 10.5. The van der Waals surface area contributed by atoms with Gasteiger partial charge in [-0.25, -0.2) is 10.6 Å². The molecular formula is C5H11N7O. The summed E-state index contributed by atoms with van der Waals surface area (Å²) >= 11 is 0. The molecule has 0 unspecified atom stereocenters. The molecule has 8 heteroatoms. The quantitative estimate of drug-likeness (QED) is 0.328. The van der Waals surface area contributed by atoms with E-state index in [1.54, 1.807) is 0 Å². The van der Waals surface area contributed by atoms with Crippen LogP contribution in [-0.2, 0) is 0 Å². The third-order valence-electron chi connectivity index (χ3n) is 1.29. The van der Waals surface area contributed by atoms with Gasteiger partial charge in [0.15, 0.2) is 0 Å². The fourth-order valence-electron chi connectivity index (χ4n) is 0.725. The van der Waals surface area contributed by atoms with Gasteiger partial charge < -0.3 is 0 Å². The molecule has 1 heterocycles. The van der Waals surface area contributed by atoms with Gasteiger partial charge in [-0.05, 0) is 11.6 Å². The number of aromatic nitrogens is 4. The van der Waals surface area contributed by atoms with Gasteiger partial charge in [-0.2, -0.15) is 5.21 Å². The van der Waals surface area contributed by atoms with Crippen LogP contribution < -0.4 is 11.2 Å². The van der Waals surface area contributed by atoms with E-state index in [2.05, 4.69) is 25.9 Å². The number of tetrazole rings is 1. The first-order valence-electron chi connectivity index (χ1n) is 3.80. The van der Waals surface area contributed by atoms with Crippen LogP contribution in [0.15, 0.2) is 0 Å². The van der Waals surface area contributed by atoms with Crippen molar-refractivity contribution in [2.45, 2.75) is 13.3 Å². The highest BCUT2D eigenvalue weighted by Gasteiger charge is 2.09. The number of carbonyl (C=O) groups is 1. The van der Waals surface area contributed by atoms with Crippen molar-refractivity contribution in [3.8, 4) is 0 Å². The topological polar surface area (TPSA) is 113 Å². The Balaban J connectivity index is 2.41. The summed E-state index contributed by atoms with van der Waals surface area (Å²) in [5.41, 5.74) is 0. The Morgan fingerprint density at radius 3 is 3.08 bits per heavy atom. The molecule has 0 saturated heterocycles. The van der Waals surface area contributed by atoms with Gasteiger partial charge >= 0.3 is 6.03 Å². The van der Waals surface area contributed by atoms with Gasteiger partial charge in [-0.3, -0.25) is 10.3 Å². The van der Waals surface area contributed by atoms with Crippen molar-refractivity contribution >= 4 is 12.0 Å². The van der Waals surface area contributed by atoms with E-state index in [0.29, 0.717) is 6.54 Å². The van der Waals surface area contributed by atoms with Crippen LogP contribution in [0.1, 0.15) is 13.3 Å². The Labute approximate surface area is 74.4 Å². The number of urea groups is 1. The summed E-state index contributed by atoms with van der Waals surface area (Å²) < 4.78 is 0. The number of H-pyrrole nitrogens is 1. The number of aromatic amines is 1. The minimum Gasteiger partial charge on any atom is -0.272 e. The average Bonchev–Trinajstić information content (AvgIpc) is 2.57. The van der Waals surface area contributed by atoms with E-state index >= 15 is 0 Å². The van der Waals surface area contributed by atoms with Gasteiger partial charge in [0, 0.05) is 6.54 Å². The zero-order valence-corrected chi connectivity index (χ0v) is 7.19. The Bertz CT molecular complexity index is 258. The molecule has 0 spiro atoms. The van der Waals surface area contributed by atoms with Gasteiger partial charge in [0.2, 0.25) is 0 Å². The Morgan fingerprint density at radius 2 is 2.54 bits per heavy atom. The van der Waals surface area contributed by atoms with E-state index in [1.807, 2.05) is 6.92 Å². The number of nitrogens with two attached hydrogens (primary N) is 1. The first kappa shape index (κ1) is 9.39. The second kappa shape index (κ2) is 4.36. The molecule has 0 aromatic carbocycles.